The van der Waals surface area contributed by atoms with Crippen molar-refractivity contribution in [2.24, 2.45) is 5.10 Å². The molecule has 1 saturated heterocycles. The molecule has 24 heavy (non-hydrogen) atoms. The van der Waals surface area contributed by atoms with Crippen LogP contribution in [0.15, 0.2) is 42.0 Å². The van der Waals surface area contributed by atoms with Crippen LogP contribution in [0.1, 0.15) is 22.3 Å². The van der Waals surface area contributed by atoms with E-state index >= 15 is 0 Å². The molecule has 8 heteroatoms. The van der Waals surface area contributed by atoms with Crippen molar-refractivity contribution in [3.63, 3.8) is 0 Å². The lowest BCUT2D eigenvalue weighted by molar-refractivity contribution is -0.305. The van der Waals surface area contributed by atoms with E-state index in [0.717, 1.165) is 17.3 Å². The van der Waals surface area contributed by atoms with E-state index in [1.165, 1.54) is 11.0 Å². The minimum atomic E-state index is -1.32. The summed E-state index contributed by atoms with van der Waals surface area (Å²) in [6.07, 6.45) is 1.08. The summed E-state index contributed by atoms with van der Waals surface area (Å²) in [6, 6.07) is 6.93. The van der Waals surface area contributed by atoms with Crippen LogP contribution in [0.25, 0.3) is 0 Å². The van der Waals surface area contributed by atoms with Gasteiger partial charge >= 0.3 is 0 Å². The Kier molecular flexibility index (Phi) is 5.75. The third-order valence-corrected chi connectivity index (χ3v) is 4.43. The van der Waals surface area contributed by atoms with Gasteiger partial charge in [-0.3, -0.25) is 14.5 Å². The van der Waals surface area contributed by atoms with Crippen LogP contribution in [-0.4, -0.2) is 39.6 Å². The number of hydrogen-bond acceptors (Lipinski definition) is 6. The van der Waals surface area contributed by atoms with Crippen LogP contribution >= 0.6 is 11.8 Å². The van der Waals surface area contributed by atoms with Crippen LogP contribution in [0.5, 0.6) is 0 Å². The summed E-state index contributed by atoms with van der Waals surface area (Å²) in [5, 5.41) is 14.1. The third kappa shape index (κ3) is 4.23. The predicted molar refractivity (Wildman–Crippen MR) is 89.0 cm³/mol. The molecule has 126 valence electrons. The van der Waals surface area contributed by atoms with E-state index in [0.29, 0.717) is 5.56 Å². The fraction of sp³-hybridized carbons (Fsp3) is 0.250. The first-order valence-corrected chi connectivity index (χ1v) is 8.03. The van der Waals surface area contributed by atoms with Crippen molar-refractivity contribution in [2.45, 2.75) is 18.6 Å². The van der Waals surface area contributed by atoms with Crippen LogP contribution < -0.4 is 10.5 Å². The summed E-state index contributed by atoms with van der Waals surface area (Å²) in [5.41, 5.74) is 3.84. The first-order valence-electron chi connectivity index (χ1n) is 7.16. The average molecular weight is 346 g/mol. The molecule has 0 bridgehead atoms. The summed E-state index contributed by atoms with van der Waals surface area (Å²) < 4.78 is 0. The Hall–Kier alpha value is -2.61. The highest BCUT2D eigenvalue weighted by atomic mass is 32.2. The van der Waals surface area contributed by atoms with Gasteiger partial charge in [-0.1, -0.05) is 35.5 Å². The summed E-state index contributed by atoms with van der Waals surface area (Å²) in [7, 11) is 0. The van der Waals surface area contributed by atoms with Gasteiger partial charge in [-0.05, 0) is 19.1 Å². The SMILES string of the molecule is C=CCN1C(=O)[C@@H](CC(=O)[O-])S/C1=N/NC(=O)c1ccc(C)cc1. The topological polar surface area (TPSA) is 102 Å². The van der Waals surface area contributed by atoms with Gasteiger partial charge in [0.1, 0.15) is 0 Å². The summed E-state index contributed by atoms with van der Waals surface area (Å²) in [5.74, 6) is -2.13. The zero-order valence-corrected chi connectivity index (χ0v) is 13.8. The van der Waals surface area contributed by atoms with Gasteiger partial charge in [0.05, 0.1) is 5.25 Å². The Balaban J connectivity index is 2.12. The molecule has 0 saturated carbocycles. The predicted octanol–water partition coefficient (Wildman–Crippen LogP) is 0.266. The molecule has 1 fully saturated rings. The van der Waals surface area contributed by atoms with Gasteiger partial charge in [0.15, 0.2) is 5.17 Å². The lowest BCUT2D eigenvalue weighted by Crippen LogP contribution is -2.35. The summed E-state index contributed by atoms with van der Waals surface area (Å²) >= 11 is 0.978. The van der Waals surface area contributed by atoms with E-state index in [-0.39, 0.29) is 11.7 Å². The third-order valence-electron chi connectivity index (χ3n) is 3.25. The number of nitrogens with zero attached hydrogens (tertiary/aromatic N) is 2. The molecular formula is C16H16N3O4S-. The van der Waals surface area contributed by atoms with Crippen LogP contribution in [0.3, 0.4) is 0 Å². The van der Waals surface area contributed by atoms with E-state index < -0.39 is 29.5 Å². The van der Waals surface area contributed by atoms with Crippen molar-refractivity contribution in [1.82, 2.24) is 10.3 Å². The van der Waals surface area contributed by atoms with Crippen LogP contribution in [0, 0.1) is 6.92 Å². The first-order chi connectivity index (χ1) is 11.4. The molecule has 1 heterocycles. The molecule has 1 N–H and O–H groups in total. The second-order valence-electron chi connectivity index (χ2n) is 5.12. The Morgan fingerprint density at radius 3 is 2.67 bits per heavy atom. The fourth-order valence-electron chi connectivity index (χ4n) is 2.04. The van der Waals surface area contributed by atoms with Crippen LogP contribution in [0.2, 0.25) is 0 Å². The number of carboxylic acids is 1. The molecule has 0 spiro atoms. The number of thioether (sulfide) groups is 1. The highest BCUT2D eigenvalue weighted by molar-refractivity contribution is 8.15. The molecule has 1 aromatic rings. The van der Waals surface area contributed by atoms with Crippen LogP contribution in [0.4, 0.5) is 0 Å². The lowest BCUT2D eigenvalue weighted by atomic mass is 10.1. The maximum atomic E-state index is 12.2. The van der Waals surface area contributed by atoms with E-state index in [1.807, 2.05) is 6.92 Å². The quantitative estimate of drug-likeness (QED) is 0.588. The van der Waals surface area contributed by atoms with Gasteiger partial charge in [-0.2, -0.15) is 0 Å². The van der Waals surface area contributed by atoms with Crippen molar-refractivity contribution < 1.29 is 19.5 Å². The Bertz CT molecular complexity index is 700. The van der Waals surface area contributed by atoms with Crippen molar-refractivity contribution in [3.8, 4) is 0 Å². The molecule has 2 amide bonds. The number of nitrogens with one attached hydrogen (secondary N) is 1. The lowest BCUT2D eigenvalue weighted by Gasteiger charge is -2.13. The molecule has 1 aliphatic rings. The van der Waals surface area contributed by atoms with Crippen molar-refractivity contribution >= 4 is 34.7 Å². The molecule has 1 aliphatic heterocycles. The standard InChI is InChI=1S/C16H17N3O4S/c1-3-8-19-15(23)12(9-13(20)21)24-16(19)18-17-14(22)11-6-4-10(2)5-7-11/h3-7,12H,1,8-9H2,2H3,(H,17,22)(H,20,21)/p-1/b18-16+/t12-/m1/s1. The highest BCUT2D eigenvalue weighted by Gasteiger charge is 2.37. The van der Waals surface area contributed by atoms with Crippen LogP contribution in [-0.2, 0) is 9.59 Å². The molecule has 0 unspecified atom stereocenters. The van der Waals surface area contributed by atoms with Gasteiger partial charge in [0.2, 0.25) is 5.91 Å². The number of carbonyl (C=O) groups excluding carboxylic acids is 3. The number of carboxylic acid groups (broad SMARTS) is 1. The Labute approximate surface area is 143 Å². The summed E-state index contributed by atoms with van der Waals surface area (Å²) in [6.45, 7) is 5.64. The molecule has 0 aliphatic carbocycles. The van der Waals surface area contributed by atoms with Gasteiger partial charge in [-0.15, -0.1) is 11.7 Å². The number of carbonyl (C=O) groups is 3. The normalized spacial score (nSPS) is 18.7. The molecule has 2 rings (SSSR count). The molecule has 1 atom stereocenters. The molecular weight excluding hydrogens is 330 g/mol. The number of aliphatic carboxylic acids is 1. The van der Waals surface area contributed by atoms with Gasteiger partial charge < -0.3 is 9.90 Å². The monoisotopic (exact) mass is 346 g/mol. The minimum Gasteiger partial charge on any atom is -0.550 e. The molecule has 7 nitrogen and oxygen atoms in total. The highest BCUT2D eigenvalue weighted by Crippen LogP contribution is 2.29. The largest absolute Gasteiger partial charge is 0.550 e. The Morgan fingerprint density at radius 2 is 2.08 bits per heavy atom. The smallest absolute Gasteiger partial charge is 0.271 e. The number of aryl methyl sites for hydroxylation is 1. The molecule has 0 aromatic heterocycles. The van der Waals surface area contributed by atoms with Crippen molar-refractivity contribution in [2.75, 3.05) is 6.54 Å². The summed E-state index contributed by atoms with van der Waals surface area (Å²) in [4.78, 5) is 36.2. The van der Waals surface area contributed by atoms with Crippen molar-refractivity contribution in [1.29, 1.82) is 0 Å². The molecule has 1 aromatic carbocycles. The maximum Gasteiger partial charge on any atom is 0.271 e. The van der Waals surface area contributed by atoms with E-state index in [9.17, 15) is 19.5 Å². The zero-order chi connectivity index (χ0) is 17.7. The number of amides is 2. The number of hydrogen-bond donors (Lipinski definition) is 1. The minimum absolute atomic E-state index is 0.175. The number of hydrazone groups is 1. The first kappa shape index (κ1) is 17.7. The number of rotatable bonds is 6. The zero-order valence-electron chi connectivity index (χ0n) is 13.0. The second kappa shape index (κ2) is 7.78. The van der Waals surface area contributed by atoms with E-state index in [1.54, 1.807) is 24.3 Å². The number of benzene rings is 1. The van der Waals surface area contributed by atoms with Gasteiger partial charge in [-0.25, -0.2) is 5.43 Å². The maximum absolute atomic E-state index is 12.2. The Morgan fingerprint density at radius 1 is 1.42 bits per heavy atom. The second-order valence-corrected chi connectivity index (χ2v) is 6.29. The average Bonchev–Trinajstić information content (AvgIpc) is 2.82. The van der Waals surface area contributed by atoms with Gasteiger partial charge in [0, 0.05) is 24.5 Å². The fourth-order valence-corrected chi connectivity index (χ4v) is 3.13. The van der Waals surface area contributed by atoms with E-state index in [4.69, 9.17) is 0 Å². The molecule has 0 radical (unpaired) electrons. The van der Waals surface area contributed by atoms with Crippen molar-refractivity contribution in [3.05, 3.63) is 48.0 Å². The van der Waals surface area contributed by atoms with Gasteiger partial charge in [0.25, 0.3) is 5.91 Å². The van der Waals surface area contributed by atoms with E-state index in [2.05, 4.69) is 17.1 Å². The number of amidine groups is 1.